The first-order valence-electron chi connectivity index (χ1n) is 5.60. The van der Waals surface area contributed by atoms with Gasteiger partial charge in [-0.15, -0.1) is 0 Å². The summed E-state index contributed by atoms with van der Waals surface area (Å²) in [5.74, 6) is -1.51. The van der Waals surface area contributed by atoms with Gasteiger partial charge in [0.25, 0.3) is 5.56 Å². The van der Waals surface area contributed by atoms with Crippen LogP contribution in [0.5, 0.6) is 0 Å². The van der Waals surface area contributed by atoms with Crippen LogP contribution < -0.4 is 11.2 Å². The van der Waals surface area contributed by atoms with Gasteiger partial charge in [-0.1, -0.05) is 6.07 Å². The first kappa shape index (κ1) is 14.4. The molecule has 0 fully saturated rings. The third-order valence-corrected chi connectivity index (χ3v) is 3.50. The summed E-state index contributed by atoms with van der Waals surface area (Å²) in [6, 6.07) is 4.23. The van der Waals surface area contributed by atoms with E-state index < -0.39 is 22.8 Å². The summed E-state index contributed by atoms with van der Waals surface area (Å²) in [5.41, 5.74) is -1.79. The Balaban J connectivity index is 2.70. The van der Waals surface area contributed by atoms with Crippen molar-refractivity contribution in [2.45, 2.75) is 0 Å². The Morgan fingerprint density at radius 2 is 1.85 bits per heavy atom. The maximum atomic E-state index is 13.9. The van der Waals surface area contributed by atoms with E-state index in [4.69, 9.17) is 0 Å². The third-order valence-electron chi connectivity index (χ3n) is 2.89. The van der Waals surface area contributed by atoms with Crippen molar-refractivity contribution in [3.8, 4) is 0 Å². The summed E-state index contributed by atoms with van der Waals surface area (Å²) >= 11 is 2.98. The molecule has 0 amide bonds. The van der Waals surface area contributed by atoms with Crippen molar-refractivity contribution >= 4 is 21.7 Å². The lowest BCUT2D eigenvalue weighted by Gasteiger charge is -2.07. The number of carbonyl (C=O) groups excluding carboxylic acids is 1. The van der Waals surface area contributed by atoms with Crippen LogP contribution in [-0.4, -0.2) is 14.9 Å². The molecule has 0 bridgehead atoms. The fourth-order valence-electron chi connectivity index (χ4n) is 1.79. The van der Waals surface area contributed by atoms with Gasteiger partial charge in [-0.2, -0.15) is 0 Å². The number of carbonyl (C=O) groups is 1. The smallest absolute Gasteiger partial charge is 0.303 e. The van der Waals surface area contributed by atoms with E-state index in [1.165, 1.54) is 32.3 Å². The molecule has 7 heteroatoms. The van der Waals surface area contributed by atoms with E-state index in [1.807, 2.05) is 0 Å². The largest absolute Gasteiger partial charge is 0.330 e. The van der Waals surface area contributed by atoms with Gasteiger partial charge in [0, 0.05) is 20.3 Å². The molecule has 2 rings (SSSR count). The minimum Gasteiger partial charge on any atom is -0.303 e. The molecule has 0 atom stereocenters. The standard InChI is InChI=1S/C13H10BrFN2O3/c1-16-6-8(12(19)17(2)13(16)20)11(18)7-4-3-5-9(14)10(7)15/h3-6H,1-2H3. The average molecular weight is 341 g/mol. The van der Waals surface area contributed by atoms with E-state index in [-0.39, 0.29) is 15.6 Å². The Kier molecular flexibility index (Phi) is 3.71. The molecule has 0 radical (unpaired) electrons. The van der Waals surface area contributed by atoms with Gasteiger partial charge in [-0.05, 0) is 28.1 Å². The van der Waals surface area contributed by atoms with Crippen LogP contribution in [0, 0.1) is 5.82 Å². The second kappa shape index (κ2) is 5.16. The van der Waals surface area contributed by atoms with Gasteiger partial charge in [-0.25, -0.2) is 9.18 Å². The number of ketones is 1. The molecular weight excluding hydrogens is 331 g/mol. The molecule has 2 aromatic rings. The summed E-state index contributed by atoms with van der Waals surface area (Å²) < 4.78 is 15.9. The quantitative estimate of drug-likeness (QED) is 0.772. The van der Waals surface area contributed by atoms with Crippen LogP contribution in [0.2, 0.25) is 0 Å². The van der Waals surface area contributed by atoms with E-state index in [0.29, 0.717) is 0 Å². The highest BCUT2D eigenvalue weighted by atomic mass is 79.9. The molecule has 0 aliphatic heterocycles. The second-order valence-electron chi connectivity index (χ2n) is 4.23. The number of halogens is 2. The molecule has 0 N–H and O–H groups in total. The molecular formula is C13H10BrFN2O3. The molecule has 0 saturated heterocycles. The van der Waals surface area contributed by atoms with Crippen LogP contribution in [-0.2, 0) is 14.1 Å². The summed E-state index contributed by atoms with van der Waals surface area (Å²) in [5, 5.41) is 0. The summed E-state index contributed by atoms with van der Waals surface area (Å²) in [7, 11) is 2.68. The maximum absolute atomic E-state index is 13.9. The second-order valence-corrected chi connectivity index (χ2v) is 5.09. The molecule has 1 aromatic heterocycles. The van der Waals surface area contributed by atoms with Gasteiger partial charge in [0.1, 0.15) is 11.4 Å². The normalized spacial score (nSPS) is 10.6. The third kappa shape index (κ3) is 2.24. The monoisotopic (exact) mass is 340 g/mol. The SMILES string of the molecule is Cn1cc(C(=O)c2cccc(Br)c2F)c(=O)n(C)c1=O. The Bertz CT molecular complexity index is 823. The molecule has 1 heterocycles. The minimum absolute atomic E-state index is 0.130. The predicted molar refractivity (Wildman–Crippen MR) is 74.5 cm³/mol. The topological polar surface area (TPSA) is 61.1 Å². The van der Waals surface area contributed by atoms with Crippen molar-refractivity contribution in [2.75, 3.05) is 0 Å². The zero-order valence-electron chi connectivity index (χ0n) is 10.7. The maximum Gasteiger partial charge on any atom is 0.330 e. The first-order valence-corrected chi connectivity index (χ1v) is 6.39. The van der Waals surface area contributed by atoms with Gasteiger partial charge in [-0.3, -0.25) is 14.2 Å². The molecule has 0 saturated carbocycles. The summed E-state index contributed by atoms with van der Waals surface area (Å²) in [6.07, 6.45) is 1.12. The van der Waals surface area contributed by atoms with E-state index in [1.54, 1.807) is 0 Å². The van der Waals surface area contributed by atoms with Crippen molar-refractivity contribution in [3.63, 3.8) is 0 Å². The molecule has 1 aromatic carbocycles. The Morgan fingerprint density at radius 1 is 1.20 bits per heavy atom. The lowest BCUT2D eigenvalue weighted by molar-refractivity contribution is 0.103. The van der Waals surface area contributed by atoms with Gasteiger partial charge >= 0.3 is 5.69 Å². The van der Waals surface area contributed by atoms with Gasteiger partial charge < -0.3 is 4.57 Å². The van der Waals surface area contributed by atoms with E-state index in [9.17, 15) is 18.8 Å². The fraction of sp³-hybridized carbons (Fsp3) is 0.154. The molecule has 104 valence electrons. The molecule has 0 unspecified atom stereocenters. The van der Waals surface area contributed by atoms with E-state index in [2.05, 4.69) is 15.9 Å². The summed E-state index contributed by atoms with van der Waals surface area (Å²) in [4.78, 5) is 35.8. The van der Waals surface area contributed by atoms with Crippen LogP contribution in [0.4, 0.5) is 4.39 Å². The van der Waals surface area contributed by atoms with Crippen LogP contribution in [0.1, 0.15) is 15.9 Å². The number of aromatic nitrogens is 2. The Morgan fingerprint density at radius 3 is 2.50 bits per heavy atom. The molecule has 0 aliphatic rings. The number of hydrogen-bond acceptors (Lipinski definition) is 3. The molecule has 5 nitrogen and oxygen atoms in total. The van der Waals surface area contributed by atoms with Crippen molar-refractivity contribution in [1.29, 1.82) is 0 Å². The van der Waals surface area contributed by atoms with E-state index in [0.717, 1.165) is 15.3 Å². The number of benzene rings is 1. The van der Waals surface area contributed by atoms with Crippen molar-refractivity contribution in [1.82, 2.24) is 9.13 Å². The van der Waals surface area contributed by atoms with E-state index >= 15 is 0 Å². The highest BCUT2D eigenvalue weighted by Crippen LogP contribution is 2.20. The molecule has 20 heavy (non-hydrogen) atoms. The van der Waals surface area contributed by atoms with Crippen LogP contribution in [0.25, 0.3) is 0 Å². The number of hydrogen-bond donors (Lipinski definition) is 0. The van der Waals surface area contributed by atoms with Gasteiger partial charge in [0.2, 0.25) is 5.78 Å². The molecule has 0 aliphatic carbocycles. The predicted octanol–water partition coefficient (Wildman–Crippen LogP) is 1.22. The first-order chi connectivity index (χ1) is 9.34. The average Bonchev–Trinajstić information content (AvgIpc) is 2.43. The number of nitrogens with zero attached hydrogens (tertiary/aromatic N) is 2. The van der Waals surface area contributed by atoms with Gasteiger partial charge in [0.05, 0.1) is 10.0 Å². The highest BCUT2D eigenvalue weighted by Gasteiger charge is 2.20. The number of rotatable bonds is 2. The van der Waals surface area contributed by atoms with Crippen molar-refractivity contribution in [3.05, 3.63) is 66.7 Å². The lowest BCUT2D eigenvalue weighted by Crippen LogP contribution is -2.39. The Hall–Kier alpha value is -2.02. The molecule has 0 spiro atoms. The zero-order valence-corrected chi connectivity index (χ0v) is 12.3. The van der Waals surface area contributed by atoms with Crippen LogP contribution in [0.3, 0.4) is 0 Å². The van der Waals surface area contributed by atoms with Crippen LogP contribution >= 0.6 is 15.9 Å². The Labute approximate surface area is 121 Å². The minimum atomic E-state index is -0.764. The highest BCUT2D eigenvalue weighted by molar-refractivity contribution is 9.10. The van der Waals surface area contributed by atoms with Crippen LogP contribution in [0.15, 0.2) is 38.5 Å². The van der Waals surface area contributed by atoms with Crippen molar-refractivity contribution < 1.29 is 9.18 Å². The van der Waals surface area contributed by atoms with Crippen molar-refractivity contribution in [2.24, 2.45) is 14.1 Å². The van der Waals surface area contributed by atoms with Gasteiger partial charge in [0.15, 0.2) is 0 Å². The summed E-state index contributed by atoms with van der Waals surface area (Å²) in [6.45, 7) is 0. The number of aryl methyl sites for hydroxylation is 1. The fourth-order valence-corrected chi connectivity index (χ4v) is 2.15. The lowest BCUT2D eigenvalue weighted by atomic mass is 10.1. The zero-order chi connectivity index (χ0) is 15.0.